The topological polar surface area (TPSA) is 51.2 Å². The van der Waals surface area contributed by atoms with Gasteiger partial charge in [0.2, 0.25) is 0 Å². The molecule has 15 heavy (non-hydrogen) atoms. The normalized spacial score (nSPS) is 12.9. The van der Waals surface area contributed by atoms with Gasteiger partial charge in [-0.1, -0.05) is 13.3 Å². The molecule has 1 heterocycles. The molecule has 0 saturated carbocycles. The smallest absolute Gasteiger partial charge is 0.105 e. The van der Waals surface area contributed by atoms with Crippen LogP contribution in [0.15, 0.2) is 22.8 Å². The van der Waals surface area contributed by atoms with Gasteiger partial charge in [0.15, 0.2) is 0 Å². The highest BCUT2D eigenvalue weighted by Gasteiger charge is 2.02. The zero-order valence-electron chi connectivity index (χ0n) is 9.54. The summed E-state index contributed by atoms with van der Waals surface area (Å²) in [6.45, 7) is 5.03. The van der Waals surface area contributed by atoms with Crippen LogP contribution in [0, 0.1) is 5.92 Å². The van der Waals surface area contributed by atoms with Crippen molar-refractivity contribution >= 4 is 0 Å². The van der Waals surface area contributed by atoms with E-state index >= 15 is 0 Å². The molecule has 0 fully saturated rings. The van der Waals surface area contributed by atoms with E-state index in [9.17, 15) is 0 Å². The van der Waals surface area contributed by atoms with Gasteiger partial charge in [-0.05, 0) is 37.6 Å². The first kappa shape index (κ1) is 12.3. The Hall–Kier alpha value is -0.800. The van der Waals surface area contributed by atoms with E-state index < -0.39 is 0 Å². The second-order valence-electron chi connectivity index (χ2n) is 3.88. The molecule has 1 unspecified atom stereocenters. The molecule has 1 aromatic rings. The summed E-state index contributed by atoms with van der Waals surface area (Å²) in [6.07, 6.45) is 5.03. The molecular weight excluding hydrogens is 188 g/mol. The molecule has 3 nitrogen and oxygen atoms in total. The van der Waals surface area contributed by atoms with Crippen molar-refractivity contribution in [1.82, 2.24) is 5.32 Å². The second kappa shape index (κ2) is 7.49. The van der Waals surface area contributed by atoms with Crippen molar-refractivity contribution in [1.29, 1.82) is 0 Å². The van der Waals surface area contributed by atoms with E-state index in [1.165, 1.54) is 12.8 Å². The monoisotopic (exact) mass is 210 g/mol. The Morgan fingerprint density at radius 3 is 2.93 bits per heavy atom. The molecule has 0 saturated heterocycles. The third-order valence-corrected chi connectivity index (χ3v) is 2.77. The maximum absolute atomic E-state index is 5.63. The van der Waals surface area contributed by atoms with E-state index in [-0.39, 0.29) is 0 Å². The van der Waals surface area contributed by atoms with Crippen LogP contribution in [0.3, 0.4) is 0 Å². The van der Waals surface area contributed by atoms with Crippen LogP contribution in [0.1, 0.15) is 25.5 Å². The van der Waals surface area contributed by atoms with Gasteiger partial charge in [-0.2, -0.15) is 0 Å². The van der Waals surface area contributed by atoms with Crippen molar-refractivity contribution in [2.45, 2.75) is 26.2 Å². The lowest BCUT2D eigenvalue weighted by Crippen LogP contribution is -2.23. The fraction of sp³-hybridized carbons (Fsp3) is 0.667. The highest BCUT2D eigenvalue weighted by atomic mass is 16.3. The molecule has 1 rings (SSSR count). The predicted molar refractivity (Wildman–Crippen MR) is 62.7 cm³/mol. The molecule has 3 N–H and O–H groups in total. The Morgan fingerprint density at radius 1 is 1.47 bits per heavy atom. The number of hydrogen-bond acceptors (Lipinski definition) is 3. The second-order valence-corrected chi connectivity index (χ2v) is 3.88. The fourth-order valence-corrected chi connectivity index (χ4v) is 1.59. The minimum atomic E-state index is 0.668. The largest absolute Gasteiger partial charge is 0.469 e. The molecule has 1 atom stereocenters. The molecule has 0 aliphatic heterocycles. The van der Waals surface area contributed by atoms with Crippen LogP contribution in [-0.2, 0) is 6.42 Å². The molecule has 0 aliphatic rings. The Kier molecular flexibility index (Phi) is 6.12. The van der Waals surface area contributed by atoms with Gasteiger partial charge >= 0.3 is 0 Å². The lowest BCUT2D eigenvalue weighted by atomic mass is 10.0. The van der Waals surface area contributed by atoms with Crippen molar-refractivity contribution < 1.29 is 4.42 Å². The first-order chi connectivity index (χ1) is 7.36. The Bertz CT molecular complexity index is 230. The Balaban J connectivity index is 1.97. The highest BCUT2D eigenvalue weighted by Crippen LogP contribution is 2.04. The van der Waals surface area contributed by atoms with Crippen LogP contribution in [0.5, 0.6) is 0 Å². The van der Waals surface area contributed by atoms with Gasteiger partial charge in [-0.15, -0.1) is 0 Å². The zero-order chi connectivity index (χ0) is 10.9. The minimum absolute atomic E-state index is 0.668. The van der Waals surface area contributed by atoms with Crippen LogP contribution in [-0.4, -0.2) is 19.6 Å². The van der Waals surface area contributed by atoms with Gasteiger partial charge in [-0.3, -0.25) is 0 Å². The summed E-state index contributed by atoms with van der Waals surface area (Å²) in [5, 5.41) is 3.41. The predicted octanol–water partition coefficient (Wildman–Crippen LogP) is 1.79. The summed E-state index contributed by atoms with van der Waals surface area (Å²) >= 11 is 0. The molecule has 0 radical (unpaired) electrons. The number of hydrogen-bond donors (Lipinski definition) is 2. The van der Waals surface area contributed by atoms with E-state index in [1.54, 1.807) is 6.26 Å². The van der Waals surface area contributed by atoms with Crippen LogP contribution >= 0.6 is 0 Å². The summed E-state index contributed by atoms with van der Waals surface area (Å²) in [5.41, 5.74) is 5.63. The maximum Gasteiger partial charge on any atom is 0.105 e. The van der Waals surface area contributed by atoms with Gasteiger partial charge < -0.3 is 15.5 Å². The number of rotatable bonds is 8. The Morgan fingerprint density at radius 2 is 2.33 bits per heavy atom. The van der Waals surface area contributed by atoms with Gasteiger partial charge in [0.25, 0.3) is 0 Å². The summed E-state index contributed by atoms with van der Waals surface area (Å²) in [7, 11) is 0. The summed E-state index contributed by atoms with van der Waals surface area (Å²) in [4.78, 5) is 0. The first-order valence-electron chi connectivity index (χ1n) is 5.80. The quantitative estimate of drug-likeness (QED) is 0.643. The number of nitrogens with one attached hydrogen (secondary N) is 1. The molecule has 0 bridgehead atoms. The van der Waals surface area contributed by atoms with Crippen LogP contribution < -0.4 is 11.1 Å². The molecule has 1 aromatic heterocycles. The summed E-state index contributed by atoms with van der Waals surface area (Å²) < 4.78 is 5.24. The molecule has 0 spiro atoms. The van der Waals surface area contributed by atoms with Crippen molar-refractivity contribution in [2.24, 2.45) is 11.7 Å². The fourth-order valence-electron chi connectivity index (χ4n) is 1.59. The Labute approximate surface area is 92.0 Å². The maximum atomic E-state index is 5.63. The van der Waals surface area contributed by atoms with E-state index in [4.69, 9.17) is 10.2 Å². The van der Waals surface area contributed by atoms with Crippen LogP contribution in [0.2, 0.25) is 0 Å². The summed E-state index contributed by atoms with van der Waals surface area (Å²) in [5.74, 6) is 1.72. The molecule has 3 heteroatoms. The summed E-state index contributed by atoms with van der Waals surface area (Å²) in [6, 6.07) is 3.94. The standard InChI is InChI=1S/C12H22N2O/c1-2-11(10-13)5-7-14-8-6-12-4-3-9-15-12/h3-4,9,11,14H,2,5-8,10,13H2,1H3. The molecule has 0 amide bonds. The zero-order valence-corrected chi connectivity index (χ0v) is 9.54. The number of nitrogens with two attached hydrogens (primary N) is 1. The molecular formula is C12H22N2O. The molecule has 0 aliphatic carbocycles. The highest BCUT2D eigenvalue weighted by molar-refractivity contribution is 4.98. The average Bonchev–Trinajstić information content (AvgIpc) is 2.76. The van der Waals surface area contributed by atoms with Crippen molar-refractivity contribution in [3.63, 3.8) is 0 Å². The van der Waals surface area contributed by atoms with E-state index in [0.717, 1.165) is 31.8 Å². The lowest BCUT2D eigenvalue weighted by Gasteiger charge is -2.11. The third kappa shape index (κ3) is 5.00. The lowest BCUT2D eigenvalue weighted by molar-refractivity contribution is 0.452. The number of furan rings is 1. The molecule has 0 aromatic carbocycles. The van der Waals surface area contributed by atoms with E-state index in [2.05, 4.69) is 12.2 Å². The first-order valence-corrected chi connectivity index (χ1v) is 5.80. The minimum Gasteiger partial charge on any atom is -0.469 e. The van der Waals surface area contributed by atoms with Gasteiger partial charge in [0, 0.05) is 13.0 Å². The van der Waals surface area contributed by atoms with Gasteiger partial charge in [-0.25, -0.2) is 0 Å². The molecule has 86 valence electrons. The van der Waals surface area contributed by atoms with Crippen molar-refractivity contribution in [3.05, 3.63) is 24.2 Å². The van der Waals surface area contributed by atoms with Crippen molar-refractivity contribution in [3.8, 4) is 0 Å². The van der Waals surface area contributed by atoms with Gasteiger partial charge in [0.1, 0.15) is 5.76 Å². The SMILES string of the molecule is CCC(CN)CCNCCc1ccco1. The van der Waals surface area contributed by atoms with E-state index in [1.807, 2.05) is 12.1 Å². The third-order valence-electron chi connectivity index (χ3n) is 2.77. The van der Waals surface area contributed by atoms with E-state index in [0.29, 0.717) is 5.92 Å². The van der Waals surface area contributed by atoms with Crippen LogP contribution in [0.4, 0.5) is 0 Å². The average molecular weight is 210 g/mol. The van der Waals surface area contributed by atoms with Crippen molar-refractivity contribution in [2.75, 3.05) is 19.6 Å². The van der Waals surface area contributed by atoms with Crippen LogP contribution in [0.25, 0.3) is 0 Å². The van der Waals surface area contributed by atoms with Gasteiger partial charge in [0.05, 0.1) is 6.26 Å².